The fraction of sp³-hybridized carbons (Fsp3) is 0.556. The van der Waals surface area contributed by atoms with E-state index in [1.54, 1.807) is 4.90 Å². The second-order valence-corrected chi connectivity index (χ2v) is 10.1. The summed E-state index contributed by atoms with van der Waals surface area (Å²) in [7, 11) is 0. The van der Waals surface area contributed by atoms with Gasteiger partial charge in [0.1, 0.15) is 5.82 Å². The number of para-hydroxylation sites is 1. The van der Waals surface area contributed by atoms with Crippen LogP contribution in [0, 0.1) is 11.8 Å². The Morgan fingerprint density at radius 2 is 1.86 bits per heavy atom. The van der Waals surface area contributed by atoms with Crippen LogP contribution in [0.15, 0.2) is 33.9 Å². The molecule has 3 N–H and O–H groups in total. The maximum Gasteiger partial charge on any atom is 0.330 e. The van der Waals surface area contributed by atoms with E-state index in [1.807, 2.05) is 45.0 Å². The Morgan fingerprint density at radius 3 is 2.50 bits per heavy atom. The van der Waals surface area contributed by atoms with Gasteiger partial charge in [-0.15, -0.1) is 0 Å². The van der Waals surface area contributed by atoms with Crippen molar-refractivity contribution >= 4 is 29.0 Å². The third-order valence-electron chi connectivity index (χ3n) is 6.88. The van der Waals surface area contributed by atoms with E-state index in [0.717, 1.165) is 24.1 Å². The SMILES string of the molecule is CCCCn1c(N)c(N(CC(C)C)C(=O)[C@@H]2CC(=O)N(c3ccccc3[C@H](C)CC)C2)c(=O)[nH]c1=O. The number of benzene rings is 1. The number of aromatic amines is 1. The number of H-pyrrole nitrogens is 1. The largest absolute Gasteiger partial charge is 0.383 e. The summed E-state index contributed by atoms with van der Waals surface area (Å²) in [5, 5.41) is 0. The highest BCUT2D eigenvalue weighted by Gasteiger charge is 2.39. The molecule has 1 aliphatic rings. The van der Waals surface area contributed by atoms with Crippen molar-refractivity contribution in [1.82, 2.24) is 9.55 Å². The normalized spacial score (nSPS) is 16.6. The molecule has 2 aromatic rings. The minimum atomic E-state index is -0.692. The monoisotopic (exact) mass is 497 g/mol. The van der Waals surface area contributed by atoms with Crippen LogP contribution in [0.1, 0.15) is 71.8 Å². The van der Waals surface area contributed by atoms with Gasteiger partial charge in [0, 0.05) is 31.7 Å². The van der Waals surface area contributed by atoms with Gasteiger partial charge in [0.25, 0.3) is 5.56 Å². The minimum Gasteiger partial charge on any atom is -0.383 e. The molecule has 1 aliphatic heterocycles. The molecule has 3 rings (SSSR count). The molecule has 0 saturated carbocycles. The predicted molar refractivity (Wildman–Crippen MR) is 143 cm³/mol. The third kappa shape index (κ3) is 5.55. The van der Waals surface area contributed by atoms with Gasteiger partial charge in [0.15, 0.2) is 5.69 Å². The van der Waals surface area contributed by atoms with Gasteiger partial charge in [-0.05, 0) is 36.3 Å². The predicted octanol–water partition coefficient (Wildman–Crippen LogP) is 3.47. The molecule has 36 heavy (non-hydrogen) atoms. The van der Waals surface area contributed by atoms with E-state index in [0.29, 0.717) is 13.0 Å². The topological polar surface area (TPSA) is 121 Å². The molecule has 0 radical (unpaired) electrons. The van der Waals surface area contributed by atoms with E-state index in [2.05, 4.69) is 18.8 Å². The number of amides is 2. The molecule has 1 saturated heterocycles. The van der Waals surface area contributed by atoms with Crippen molar-refractivity contribution in [3.63, 3.8) is 0 Å². The first kappa shape index (κ1) is 27.2. The molecule has 9 nitrogen and oxygen atoms in total. The van der Waals surface area contributed by atoms with Crippen LogP contribution in [0.25, 0.3) is 0 Å². The fourth-order valence-corrected chi connectivity index (χ4v) is 4.73. The van der Waals surface area contributed by atoms with Crippen LogP contribution < -0.4 is 26.8 Å². The van der Waals surface area contributed by atoms with Gasteiger partial charge < -0.3 is 15.5 Å². The van der Waals surface area contributed by atoms with Crippen LogP contribution >= 0.6 is 0 Å². The van der Waals surface area contributed by atoms with Crippen molar-refractivity contribution in [3.05, 3.63) is 50.7 Å². The average molecular weight is 498 g/mol. The van der Waals surface area contributed by atoms with Crippen molar-refractivity contribution < 1.29 is 9.59 Å². The molecule has 0 bridgehead atoms. The third-order valence-corrected chi connectivity index (χ3v) is 6.88. The number of aromatic nitrogens is 2. The second-order valence-electron chi connectivity index (χ2n) is 10.1. The molecular weight excluding hydrogens is 458 g/mol. The summed E-state index contributed by atoms with van der Waals surface area (Å²) in [6.45, 7) is 10.9. The molecule has 2 heterocycles. The maximum atomic E-state index is 13.8. The number of hydrogen-bond donors (Lipinski definition) is 2. The maximum absolute atomic E-state index is 13.8. The van der Waals surface area contributed by atoms with E-state index < -0.39 is 17.2 Å². The van der Waals surface area contributed by atoms with E-state index in [9.17, 15) is 19.2 Å². The van der Waals surface area contributed by atoms with Crippen LogP contribution in [-0.4, -0.2) is 34.5 Å². The Kier molecular flexibility index (Phi) is 8.76. The van der Waals surface area contributed by atoms with Gasteiger partial charge in [-0.3, -0.25) is 23.9 Å². The zero-order valence-electron chi connectivity index (χ0n) is 22.0. The number of carbonyl (C=O) groups is 2. The quantitative estimate of drug-likeness (QED) is 0.521. The van der Waals surface area contributed by atoms with Crippen LogP contribution in [0.2, 0.25) is 0 Å². The second kappa shape index (κ2) is 11.6. The lowest BCUT2D eigenvalue weighted by Gasteiger charge is -2.28. The number of unbranched alkanes of at least 4 members (excludes halogenated alkanes) is 1. The number of rotatable bonds is 10. The lowest BCUT2D eigenvalue weighted by Crippen LogP contribution is -2.45. The van der Waals surface area contributed by atoms with Crippen molar-refractivity contribution in [1.29, 1.82) is 0 Å². The first-order chi connectivity index (χ1) is 17.1. The first-order valence-electron chi connectivity index (χ1n) is 12.9. The number of nitrogens with two attached hydrogens (primary N) is 1. The molecular formula is C27H39N5O4. The lowest BCUT2D eigenvalue weighted by molar-refractivity contribution is -0.124. The smallest absolute Gasteiger partial charge is 0.330 e. The van der Waals surface area contributed by atoms with E-state index in [4.69, 9.17) is 5.73 Å². The summed E-state index contributed by atoms with van der Waals surface area (Å²) >= 11 is 0. The number of anilines is 3. The average Bonchev–Trinajstić information content (AvgIpc) is 3.23. The zero-order valence-corrected chi connectivity index (χ0v) is 22.0. The summed E-state index contributed by atoms with van der Waals surface area (Å²) in [6.07, 6.45) is 2.53. The van der Waals surface area contributed by atoms with Gasteiger partial charge in [-0.1, -0.05) is 59.2 Å². The highest BCUT2D eigenvalue weighted by Crippen LogP contribution is 2.34. The molecule has 0 aliphatic carbocycles. The first-order valence-corrected chi connectivity index (χ1v) is 12.9. The molecule has 9 heteroatoms. The lowest BCUT2D eigenvalue weighted by atomic mass is 9.96. The van der Waals surface area contributed by atoms with Gasteiger partial charge in [0.05, 0.1) is 5.92 Å². The van der Waals surface area contributed by atoms with Crippen molar-refractivity contribution in [3.8, 4) is 0 Å². The van der Waals surface area contributed by atoms with Crippen LogP contribution in [0.5, 0.6) is 0 Å². The van der Waals surface area contributed by atoms with Crippen LogP contribution in [0.3, 0.4) is 0 Å². The van der Waals surface area contributed by atoms with Gasteiger partial charge in [-0.25, -0.2) is 4.79 Å². The van der Waals surface area contributed by atoms with E-state index in [-0.39, 0.29) is 54.7 Å². The Morgan fingerprint density at radius 1 is 1.17 bits per heavy atom. The van der Waals surface area contributed by atoms with E-state index in [1.165, 1.54) is 9.47 Å². The summed E-state index contributed by atoms with van der Waals surface area (Å²) < 4.78 is 1.31. The molecule has 0 unspecified atom stereocenters. The molecule has 0 spiro atoms. The number of carbonyl (C=O) groups excluding carboxylic acids is 2. The summed E-state index contributed by atoms with van der Waals surface area (Å²) in [4.78, 5) is 57.7. The minimum absolute atomic E-state index is 0.0182. The van der Waals surface area contributed by atoms with Crippen molar-refractivity contribution in [2.45, 2.75) is 72.8 Å². The summed E-state index contributed by atoms with van der Waals surface area (Å²) in [5.41, 5.74) is 6.93. The van der Waals surface area contributed by atoms with Crippen molar-refractivity contribution in [2.24, 2.45) is 11.8 Å². The number of hydrogen-bond acceptors (Lipinski definition) is 5. The zero-order chi connectivity index (χ0) is 26.6. The van der Waals surface area contributed by atoms with Gasteiger partial charge in [0.2, 0.25) is 11.8 Å². The number of nitrogen functional groups attached to an aromatic ring is 1. The molecule has 1 aromatic heterocycles. The Balaban J connectivity index is 1.99. The highest BCUT2D eigenvalue weighted by atomic mass is 16.2. The molecule has 2 atom stereocenters. The van der Waals surface area contributed by atoms with Crippen LogP contribution in [0.4, 0.5) is 17.2 Å². The molecule has 2 amide bonds. The van der Waals surface area contributed by atoms with Crippen molar-refractivity contribution in [2.75, 3.05) is 28.6 Å². The summed E-state index contributed by atoms with van der Waals surface area (Å²) in [5.74, 6) is -0.806. The number of nitrogens with one attached hydrogen (secondary N) is 1. The Bertz CT molecular complexity index is 1220. The fourth-order valence-electron chi connectivity index (χ4n) is 4.73. The van der Waals surface area contributed by atoms with Gasteiger partial charge in [-0.2, -0.15) is 0 Å². The molecule has 1 aromatic carbocycles. The Labute approximate surface area is 212 Å². The van der Waals surface area contributed by atoms with Crippen LogP contribution in [-0.2, 0) is 16.1 Å². The molecule has 196 valence electrons. The summed E-state index contributed by atoms with van der Waals surface area (Å²) in [6, 6.07) is 7.80. The highest BCUT2D eigenvalue weighted by molar-refractivity contribution is 6.05. The van der Waals surface area contributed by atoms with Gasteiger partial charge >= 0.3 is 5.69 Å². The van der Waals surface area contributed by atoms with E-state index >= 15 is 0 Å². The Hall–Kier alpha value is -3.36. The number of nitrogens with zero attached hydrogens (tertiary/aromatic N) is 3. The standard InChI is InChI=1S/C27H39N5O4/c1-6-8-13-30-24(28)23(25(34)29-27(30)36)32(15-17(3)4)26(35)19-14-22(33)31(16-19)21-12-10-9-11-20(21)18(5)7-2/h9-12,17-19H,6-8,13-16,28H2,1-5H3,(H,29,34,36)/t18-,19-/m1/s1. The molecule has 1 fully saturated rings.